The van der Waals surface area contributed by atoms with Crippen molar-refractivity contribution in [2.24, 2.45) is 40.7 Å². The number of thioether (sulfide) groups is 1. The van der Waals surface area contributed by atoms with Gasteiger partial charge >= 0.3 is 18.1 Å². The molecule has 4 fully saturated rings. The fourth-order valence-corrected chi connectivity index (χ4v) is 15.5. The second-order valence-corrected chi connectivity index (χ2v) is 31.3. The van der Waals surface area contributed by atoms with Gasteiger partial charge in [-0.1, -0.05) is 118 Å². The van der Waals surface area contributed by atoms with E-state index in [9.17, 15) is 71.9 Å². The average molecular weight is 1540 g/mol. The number of anilines is 1. The third kappa shape index (κ3) is 25.5. The first-order valence-corrected chi connectivity index (χ1v) is 38.9. The van der Waals surface area contributed by atoms with Crippen molar-refractivity contribution in [3.63, 3.8) is 0 Å². The molecular formula is C77H114N12O19S. The molecule has 0 aromatic heterocycles. The predicted octanol–water partition coefficient (Wildman–Crippen LogP) is 5.55. The summed E-state index contributed by atoms with van der Waals surface area (Å²) in [6, 6.07) is 8.66. The Bertz CT molecular complexity index is 3530. The Morgan fingerprint density at radius 3 is 1.97 bits per heavy atom. The molecule has 32 heteroatoms. The molecule has 3 heterocycles. The molecule has 4 aliphatic rings. The van der Waals surface area contributed by atoms with Gasteiger partial charge in [0.15, 0.2) is 5.78 Å². The maximum Gasteiger partial charge on any atom is 0.410 e. The van der Waals surface area contributed by atoms with Gasteiger partial charge in [-0.3, -0.25) is 67.3 Å². The van der Waals surface area contributed by atoms with Gasteiger partial charge in [0.05, 0.1) is 54.8 Å². The number of urea groups is 1. The van der Waals surface area contributed by atoms with Crippen molar-refractivity contribution in [2.45, 2.75) is 225 Å². The molecule has 0 spiro atoms. The number of nitrogens with one attached hydrogen (secondary N) is 6. The molecule has 31 nitrogen and oxygen atoms in total. The maximum absolute atomic E-state index is 14.8. The van der Waals surface area contributed by atoms with Crippen LogP contribution in [0.2, 0.25) is 0 Å². The van der Waals surface area contributed by atoms with E-state index in [0.717, 1.165) is 4.90 Å². The fourth-order valence-electron chi connectivity index (χ4n) is 14.0. The zero-order valence-electron chi connectivity index (χ0n) is 65.3. The van der Waals surface area contributed by atoms with Crippen LogP contribution in [0.1, 0.15) is 181 Å². The average Bonchev–Trinajstić information content (AvgIpc) is 1.74. The largest absolute Gasteiger partial charge is 0.445 e. The van der Waals surface area contributed by atoms with Crippen LogP contribution in [-0.4, -0.2) is 227 Å². The molecule has 0 radical (unpaired) electrons. The van der Waals surface area contributed by atoms with Gasteiger partial charge in [-0.15, -0.1) is 16.8 Å². The van der Waals surface area contributed by atoms with Gasteiger partial charge in [-0.05, 0) is 98.1 Å². The normalized spacial score (nSPS) is 18.6. The second kappa shape index (κ2) is 42.2. The van der Waals surface area contributed by atoms with Crippen LogP contribution in [0, 0.1) is 35.0 Å². The van der Waals surface area contributed by atoms with E-state index in [1.165, 1.54) is 42.8 Å². The number of ketones is 1. The van der Waals surface area contributed by atoms with E-state index < -0.39 is 148 Å². The highest BCUT2D eigenvalue weighted by molar-refractivity contribution is 8.00. The smallest absolute Gasteiger partial charge is 0.410 e. The zero-order chi connectivity index (χ0) is 80.6. The van der Waals surface area contributed by atoms with E-state index in [4.69, 9.17) is 24.8 Å². The topological polar surface area (TPSA) is 407 Å². The number of imide groups is 2. The number of rotatable bonds is 44. The van der Waals surface area contributed by atoms with Gasteiger partial charge in [0.2, 0.25) is 53.2 Å². The summed E-state index contributed by atoms with van der Waals surface area (Å²) in [6.07, 6.45) is 2.27. The van der Waals surface area contributed by atoms with E-state index in [-0.39, 0.29) is 107 Å². The van der Waals surface area contributed by atoms with E-state index in [1.807, 2.05) is 13.8 Å². The van der Waals surface area contributed by atoms with Gasteiger partial charge in [-0.2, -0.15) is 0 Å². The number of carbonyl (C=O) groups excluding carboxylic acids is 15. The van der Waals surface area contributed by atoms with E-state index in [2.05, 4.69) is 31.9 Å². The van der Waals surface area contributed by atoms with Crippen LogP contribution in [0.3, 0.4) is 0 Å². The van der Waals surface area contributed by atoms with Crippen LogP contribution in [0.5, 0.6) is 0 Å². The molecule has 0 bridgehead atoms. The van der Waals surface area contributed by atoms with Crippen molar-refractivity contribution in [2.75, 3.05) is 65.6 Å². The quantitative estimate of drug-likeness (QED) is 0.0243. The Hall–Kier alpha value is -9.04. The summed E-state index contributed by atoms with van der Waals surface area (Å²) in [6.45, 7) is 16.4. The summed E-state index contributed by atoms with van der Waals surface area (Å²) >= 11 is 1.30. The van der Waals surface area contributed by atoms with Gasteiger partial charge in [0, 0.05) is 90.6 Å². The number of ether oxygens (including phenoxy) is 3. The number of hydrogen-bond donors (Lipinski definition) is 7. The number of carbonyl (C=O) groups is 15. The Kier molecular flexibility index (Phi) is 34.4. The lowest BCUT2D eigenvalue weighted by Gasteiger charge is -2.41. The van der Waals surface area contributed by atoms with Crippen molar-refractivity contribution in [3.05, 3.63) is 65.7 Å². The van der Waals surface area contributed by atoms with Gasteiger partial charge in [0.1, 0.15) is 30.8 Å². The summed E-state index contributed by atoms with van der Waals surface area (Å²) in [7, 11) is 6.01. The molecule has 14 amide bonds. The molecule has 6 rings (SSSR count). The number of methoxy groups -OCH3 is 2. The summed E-state index contributed by atoms with van der Waals surface area (Å²) in [5.74, 6) is -7.97. The van der Waals surface area contributed by atoms with Crippen LogP contribution >= 0.6 is 11.8 Å². The number of likely N-dealkylation sites (N-methyl/N-ethyl adjacent to an activating group) is 2. The molecule has 2 unspecified atom stereocenters. The monoisotopic (exact) mass is 1540 g/mol. The summed E-state index contributed by atoms with van der Waals surface area (Å²) < 4.78 is 17.7. The third-order valence-electron chi connectivity index (χ3n) is 20.8. The minimum atomic E-state index is -1.16. The minimum absolute atomic E-state index is 0.00556. The predicted molar refractivity (Wildman–Crippen MR) is 403 cm³/mol. The summed E-state index contributed by atoms with van der Waals surface area (Å²) in [5.41, 5.74) is 6.11. The van der Waals surface area contributed by atoms with Crippen LogP contribution < -0.4 is 37.6 Å². The lowest BCUT2D eigenvalue weighted by atomic mass is 9.89. The fraction of sp³-hybridized carbons (Fsp3) is 0.649. The van der Waals surface area contributed by atoms with E-state index in [0.29, 0.717) is 85.5 Å². The van der Waals surface area contributed by atoms with Crippen molar-refractivity contribution in [1.82, 2.24) is 51.2 Å². The molecule has 2 aromatic rings. The van der Waals surface area contributed by atoms with Gasteiger partial charge in [0.25, 0.3) is 11.8 Å². The molecule has 1 aliphatic carbocycles. The summed E-state index contributed by atoms with van der Waals surface area (Å²) in [4.78, 5) is 210. The third-order valence-corrected chi connectivity index (χ3v) is 22.4. The van der Waals surface area contributed by atoms with Gasteiger partial charge in [-0.25, -0.2) is 14.4 Å². The highest BCUT2D eigenvalue weighted by Crippen LogP contribution is 2.52. The number of amides is 14. The number of hydrogen-bond acceptors (Lipinski definition) is 20. The van der Waals surface area contributed by atoms with Crippen LogP contribution in [-0.2, 0) is 83.2 Å². The van der Waals surface area contributed by atoms with Crippen molar-refractivity contribution >= 4 is 106 Å². The molecule has 3 saturated heterocycles. The lowest BCUT2D eigenvalue weighted by Crippen LogP contribution is -2.60. The van der Waals surface area contributed by atoms with E-state index in [1.54, 1.807) is 115 Å². The highest BCUT2D eigenvalue weighted by Gasteiger charge is 2.49. The lowest BCUT2D eigenvalue weighted by molar-refractivity contribution is -0.198. The van der Waals surface area contributed by atoms with E-state index >= 15 is 0 Å². The SMILES string of the molecule is CC[C@H](C)C([C@@H](CC(=O)N1CCC[C@H]1[C@H](OC)[C@@H](C)C(=O)NCC(=O)c1ccccc1)OC)N(C)C(=O)[C@@H](NC(=O)[C@H](C(C)C)N(C)C(=O)OCc1ccc(NC(=O)[C@H](CCCNC(N)=O)NC(=O)[C@@H](NC(=O)CCCCCN2C(=O)CC(SCC3(CC(=O)ON4C(=O)CCC4=O)CC3)C2=O)C(C)C)cc1)C(C)C. The molecule has 602 valence electrons. The standard InChI is InChI=1S/C77H114N12O19S/c1-14-48(8)67(56(105-12)39-61(94)87-38-22-26-54(87)68(106-13)49(9)69(97)80-42-55(90)51-23-17-15-18-24-51)85(10)74(102)65(46(4)5)84-72(100)66(47(6)7)86(11)76(104)107-43-50-28-30-52(31-29-50)81-70(98)53(25-21-36-79-75(78)103)82-71(99)64(45(2)3)83-58(91)27-19-16-20-37-88-62(95)40-57(73(88)101)109-44-77(34-35-77)41-63(96)108-89-59(92)32-33-60(89)93/h15,17-18,23-24,28-31,45-49,53-54,56-57,64-68H,14,16,19-22,25-27,32-44H2,1-13H3,(H,80,97)(H,81,98)(H,82,99)(H,83,91)(H,84,100)(H3,78,79,103)/t48-,49+,53-,54-,56+,57?,64-,65-,66-,67?,68+/m0/s1. The number of nitrogens with two attached hydrogens (primary N) is 1. The Labute approximate surface area is 643 Å². The number of hydroxylamine groups is 2. The number of primary amides is 1. The van der Waals surface area contributed by atoms with Crippen LogP contribution in [0.25, 0.3) is 0 Å². The first-order chi connectivity index (χ1) is 51.7. The first-order valence-electron chi connectivity index (χ1n) is 37.9. The molecular weight excluding hydrogens is 1430 g/mol. The van der Waals surface area contributed by atoms with Crippen LogP contribution in [0.4, 0.5) is 15.3 Å². The zero-order valence-corrected chi connectivity index (χ0v) is 66.1. The van der Waals surface area contributed by atoms with Crippen molar-refractivity contribution in [3.8, 4) is 0 Å². The molecule has 11 atom stereocenters. The maximum atomic E-state index is 14.8. The van der Waals surface area contributed by atoms with Crippen LogP contribution in [0.15, 0.2) is 54.6 Å². The number of benzene rings is 2. The number of Topliss-reactive ketones (excluding diaryl/α,β-unsaturated/α-hetero) is 1. The van der Waals surface area contributed by atoms with Crippen molar-refractivity contribution < 1.29 is 91.0 Å². The second-order valence-electron chi connectivity index (χ2n) is 30.1. The molecule has 3 aliphatic heterocycles. The summed E-state index contributed by atoms with van der Waals surface area (Å²) in [5, 5.41) is 16.4. The number of nitrogens with zero attached hydrogens (tertiary/aromatic N) is 5. The van der Waals surface area contributed by atoms with Gasteiger partial charge < -0.3 is 66.5 Å². The molecule has 2 aromatic carbocycles. The number of likely N-dealkylation sites (tertiary alicyclic amines) is 2. The Morgan fingerprint density at radius 1 is 0.716 bits per heavy atom. The number of unbranched alkanes of at least 4 members (excludes halogenated alkanes) is 2. The first kappa shape index (κ1) is 88.9. The molecule has 109 heavy (non-hydrogen) atoms. The Morgan fingerprint density at radius 2 is 1.38 bits per heavy atom. The molecule has 8 N–H and O–H groups in total. The molecule has 1 saturated carbocycles. The Balaban J connectivity index is 0.976. The minimum Gasteiger partial charge on any atom is -0.445 e. The highest BCUT2D eigenvalue weighted by atomic mass is 32.2. The van der Waals surface area contributed by atoms with Crippen molar-refractivity contribution in [1.29, 1.82) is 0 Å².